The summed E-state index contributed by atoms with van der Waals surface area (Å²) < 4.78 is 9.27. The second kappa shape index (κ2) is 5.13. The Hall–Kier alpha value is -0.340. The molecule has 2 aromatic heterocycles. The number of nitrogens with one attached hydrogen (secondary N) is 1. The Balaban J connectivity index is 2.13. The molecule has 0 aromatic carbocycles. The van der Waals surface area contributed by atoms with Crippen LogP contribution in [0.25, 0.3) is 0 Å². The fraction of sp³-hybridized carbons (Fsp3) is 0.250. The normalized spacial score (nSPS) is 12.9. The first-order valence-electron chi connectivity index (χ1n) is 4.26. The van der Waals surface area contributed by atoms with Gasteiger partial charge in [-0.25, -0.2) is 0 Å². The third-order valence-corrected chi connectivity index (χ3v) is 4.46. The van der Waals surface area contributed by atoms with Crippen molar-refractivity contribution >= 4 is 39.0 Å². The Morgan fingerprint density at radius 1 is 1.60 bits per heavy atom. The SMILES string of the molecule is NNC(Cc1sccc1Br)c1cnsn1. The minimum Gasteiger partial charge on any atom is -0.271 e. The summed E-state index contributed by atoms with van der Waals surface area (Å²) >= 11 is 6.40. The molecule has 7 heteroatoms. The second-order valence-electron chi connectivity index (χ2n) is 2.95. The minimum absolute atomic E-state index is 0.0266. The molecular weight excluding hydrogens is 296 g/mol. The van der Waals surface area contributed by atoms with E-state index in [2.05, 4.69) is 30.1 Å². The molecule has 2 aromatic rings. The number of halogens is 1. The van der Waals surface area contributed by atoms with Gasteiger partial charge in [-0.15, -0.1) is 11.3 Å². The van der Waals surface area contributed by atoms with Gasteiger partial charge in [0.1, 0.15) is 0 Å². The van der Waals surface area contributed by atoms with Crippen LogP contribution in [0.1, 0.15) is 16.6 Å². The molecule has 0 radical (unpaired) electrons. The molecule has 2 heterocycles. The molecule has 0 spiro atoms. The molecule has 3 N–H and O–H groups in total. The van der Waals surface area contributed by atoms with Crippen molar-refractivity contribution in [3.05, 3.63) is 32.7 Å². The van der Waals surface area contributed by atoms with Crippen LogP contribution in [0.5, 0.6) is 0 Å². The Labute approximate surface area is 104 Å². The maximum Gasteiger partial charge on any atom is 0.0929 e. The van der Waals surface area contributed by atoms with Crippen LogP contribution in [0.4, 0.5) is 0 Å². The van der Waals surface area contributed by atoms with Gasteiger partial charge in [-0.2, -0.15) is 8.75 Å². The molecule has 0 saturated heterocycles. The summed E-state index contributed by atoms with van der Waals surface area (Å²) in [7, 11) is 0. The first kappa shape index (κ1) is 11.2. The highest BCUT2D eigenvalue weighted by Gasteiger charge is 2.15. The maximum absolute atomic E-state index is 5.51. The Morgan fingerprint density at radius 3 is 3.00 bits per heavy atom. The van der Waals surface area contributed by atoms with Gasteiger partial charge in [-0.1, -0.05) is 0 Å². The van der Waals surface area contributed by atoms with E-state index in [-0.39, 0.29) is 6.04 Å². The first-order valence-corrected chi connectivity index (χ1v) is 6.67. The fourth-order valence-corrected chi connectivity index (χ4v) is 3.26. The first-order chi connectivity index (χ1) is 7.31. The predicted molar refractivity (Wildman–Crippen MR) is 65.7 cm³/mol. The van der Waals surface area contributed by atoms with Crippen molar-refractivity contribution in [2.45, 2.75) is 12.5 Å². The van der Waals surface area contributed by atoms with Gasteiger partial charge in [0, 0.05) is 15.8 Å². The average molecular weight is 305 g/mol. The summed E-state index contributed by atoms with van der Waals surface area (Å²) in [4.78, 5) is 1.26. The zero-order chi connectivity index (χ0) is 10.7. The van der Waals surface area contributed by atoms with Crippen LogP contribution in [-0.2, 0) is 6.42 Å². The lowest BCUT2D eigenvalue weighted by molar-refractivity contribution is 0.545. The third kappa shape index (κ3) is 2.61. The zero-order valence-electron chi connectivity index (χ0n) is 7.68. The number of nitrogens with two attached hydrogens (primary N) is 1. The maximum atomic E-state index is 5.51. The van der Waals surface area contributed by atoms with Gasteiger partial charge in [0.15, 0.2) is 0 Å². The summed E-state index contributed by atoms with van der Waals surface area (Å²) in [6.45, 7) is 0. The third-order valence-electron chi connectivity index (χ3n) is 2.02. The number of aromatic nitrogens is 2. The number of hydrogen-bond acceptors (Lipinski definition) is 6. The van der Waals surface area contributed by atoms with Crippen molar-refractivity contribution in [3.63, 3.8) is 0 Å². The molecule has 0 aliphatic rings. The average Bonchev–Trinajstić information content (AvgIpc) is 2.86. The molecule has 0 bridgehead atoms. The molecule has 1 unspecified atom stereocenters. The Morgan fingerprint density at radius 2 is 2.47 bits per heavy atom. The minimum atomic E-state index is 0.0266. The van der Waals surface area contributed by atoms with E-state index in [1.54, 1.807) is 17.5 Å². The van der Waals surface area contributed by atoms with E-state index in [9.17, 15) is 0 Å². The van der Waals surface area contributed by atoms with E-state index >= 15 is 0 Å². The highest BCUT2D eigenvalue weighted by atomic mass is 79.9. The largest absolute Gasteiger partial charge is 0.271 e. The monoisotopic (exact) mass is 304 g/mol. The molecule has 80 valence electrons. The van der Waals surface area contributed by atoms with Crippen LogP contribution >= 0.6 is 39.0 Å². The van der Waals surface area contributed by atoms with Crippen molar-refractivity contribution in [2.75, 3.05) is 0 Å². The molecule has 1 atom stereocenters. The second-order valence-corrected chi connectivity index (χ2v) is 5.36. The number of nitrogens with zero attached hydrogens (tertiary/aromatic N) is 2. The van der Waals surface area contributed by atoms with E-state index in [1.807, 2.05) is 11.4 Å². The smallest absolute Gasteiger partial charge is 0.0929 e. The van der Waals surface area contributed by atoms with E-state index in [1.165, 1.54) is 16.6 Å². The molecule has 0 aliphatic carbocycles. The molecule has 15 heavy (non-hydrogen) atoms. The Bertz CT molecular complexity index is 414. The highest BCUT2D eigenvalue weighted by molar-refractivity contribution is 9.10. The lowest BCUT2D eigenvalue weighted by Crippen LogP contribution is -2.29. The number of hydrazine groups is 1. The van der Waals surface area contributed by atoms with E-state index in [0.29, 0.717) is 0 Å². The molecule has 0 aliphatic heterocycles. The number of rotatable bonds is 4. The van der Waals surface area contributed by atoms with Crippen LogP contribution in [0.2, 0.25) is 0 Å². The van der Waals surface area contributed by atoms with Gasteiger partial charge < -0.3 is 0 Å². The van der Waals surface area contributed by atoms with E-state index in [4.69, 9.17) is 5.84 Å². The van der Waals surface area contributed by atoms with Gasteiger partial charge >= 0.3 is 0 Å². The van der Waals surface area contributed by atoms with Gasteiger partial charge in [0.2, 0.25) is 0 Å². The van der Waals surface area contributed by atoms with Crippen molar-refractivity contribution < 1.29 is 0 Å². The van der Waals surface area contributed by atoms with Gasteiger partial charge in [0.25, 0.3) is 0 Å². The van der Waals surface area contributed by atoms with Crippen LogP contribution in [-0.4, -0.2) is 8.75 Å². The molecule has 0 fully saturated rings. The zero-order valence-corrected chi connectivity index (χ0v) is 10.9. The van der Waals surface area contributed by atoms with Gasteiger partial charge in [-0.3, -0.25) is 11.3 Å². The van der Waals surface area contributed by atoms with Crippen LogP contribution < -0.4 is 11.3 Å². The summed E-state index contributed by atoms with van der Waals surface area (Å²) in [5.41, 5.74) is 3.65. The summed E-state index contributed by atoms with van der Waals surface area (Å²) in [6, 6.07) is 2.06. The highest BCUT2D eigenvalue weighted by Crippen LogP contribution is 2.27. The molecule has 2 rings (SSSR count). The van der Waals surface area contributed by atoms with Crippen molar-refractivity contribution in [3.8, 4) is 0 Å². The standard InChI is InChI=1S/C8H9BrN4S2/c9-5-1-2-14-8(5)3-6(12-10)7-4-11-15-13-7/h1-2,4,6,12H,3,10H2. The summed E-state index contributed by atoms with van der Waals surface area (Å²) in [5.74, 6) is 5.51. The van der Waals surface area contributed by atoms with Crippen LogP contribution in [0.3, 0.4) is 0 Å². The lowest BCUT2D eigenvalue weighted by atomic mass is 10.1. The van der Waals surface area contributed by atoms with Crippen molar-refractivity contribution in [2.24, 2.45) is 5.84 Å². The van der Waals surface area contributed by atoms with Crippen LogP contribution in [0, 0.1) is 0 Å². The summed E-state index contributed by atoms with van der Waals surface area (Å²) in [6.07, 6.45) is 2.57. The fourth-order valence-electron chi connectivity index (χ4n) is 1.23. The van der Waals surface area contributed by atoms with E-state index < -0.39 is 0 Å². The number of thiophene rings is 1. The van der Waals surface area contributed by atoms with Crippen molar-refractivity contribution in [1.29, 1.82) is 0 Å². The molecular formula is C8H9BrN4S2. The lowest BCUT2D eigenvalue weighted by Gasteiger charge is -2.11. The van der Waals surface area contributed by atoms with Gasteiger partial charge in [-0.05, 0) is 27.4 Å². The molecule has 4 nitrogen and oxygen atoms in total. The molecule has 0 saturated carbocycles. The predicted octanol–water partition coefficient (Wildman–Crippen LogP) is 2.11. The number of hydrogen-bond donors (Lipinski definition) is 2. The quantitative estimate of drug-likeness (QED) is 0.671. The van der Waals surface area contributed by atoms with Crippen LogP contribution in [0.15, 0.2) is 22.1 Å². The Kier molecular flexibility index (Phi) is 3.81. The van der Waals surface area contributed by atoms with Gasteiger partial charge in [0.05, 0.1) is 29.7 Å². The topological polar surface area (TPSA) is 63.8 Å². The molecule has 0 amide bonds. The van der Waals surface area contributed by atoms with E-state index in [0.717, 1.165) is 16.6 Å². The van der Waals surface area contributed by atoms with Crippen molar-refractivity contribution in [1.82, 2.24) is 14.2 Å². The summed E-state index contributed by atoms with van der Waals surface area (Å²) in [5, 5.41) is 2.05.